The Morgan fingerprint density at radius 3 is 2.58 bits per heavy atom. The molecule has 0 saturated carbocycles. The van der Waals surface area contributed by atoms with E-state index in [1.807, 2.05) is 42.5 Å². The molecule has 0 aliphatic heterocycles. The smallest absolute Gasteiger partial charge is 0.123 e. The molecule has 0 heterocycles. The molecule has 0 aliphatic rings. The molecule has 100 valence electrons. The Morgan fingerprint density at radius 1 is 1.05 bits per heavy atom. The van der Waals surface area contributed by atoms with Gasteiger partial charge in [-0.2, -0.15) is 0 Å². The molecule has 0 radical (unpaired) electrons. The van der Waals surface area contributed by atoms with Gasteiger partial charge in [0.2, 0.25) is 0 Å². The van der Waals surface area contributed by atoms with Crippen LogP contribution in [-0.2, 0) is 6.54 Å². The predicted octanol–water partition coefficient (Wildman–Crippen LogP) is 4.08. The Balaban J connectivity index is 1.83. The fourth-order valence-corrected chi connectivity index (χ4v) is 3.07. The van der Waals surface area contributed by atoms with E-state index in [0.29, 0.717) is 13.2 Å². The minimum absolute atomic E-state index is 0.507. The van der Waals surface area contributed by atoms with Crippen molar-refractivity contribution in [1.29, 1.82) is 0 Å². The molecule has 0 bridgehead atoms. The number of hydrogen-bond acceptors (Lipinski definition) is 3. The van der Waals surface area contributed by atoms with E-state index in [9.17, 15) is 0 Å². The van der Waals surface area contributed by atoms with Crippen LogP contribution >= 0.6 is 27.7 Å². The van der Waals surface area contributed by atoms with E-state index in [-0.39, 0.29) is 0 Å². The summed E-state index contributed by atoms with van der Waals surface area (Å²) in [4.78, 5) is 1.23. The van der Waals surface area contributed by atoms with Crippen LogP contribution in [0.5, 0.6) is 5.75 Å². The monoisotopic (exact) mass is 337 g/mol. The van der Waals surface area contributed by atoms with Gasteiger partial charge in [0.15, 0.2) is 0 Å². The molecule has 0 atom stereocenters. The standard InChI is InChI=1S/C15H16BrNOS/c16-13-6-2-4-8-15(13)19-10-9-18-14-7-3-1-5-12(14)11-17/h1-8H,9-11,17H2. The second-order valence-electron chi connectivity index (χ2n) is 3.94. The number of nitrogens with two attached hydrogens (primary N) is 1. The number of hydrogen-bond donors (Lipinski definition) is 1. The number of para-hydroxylation sites is 1. The summed E-state index contributed by atoms with van der Waals surface area (Å²) in [5, 5.41) is 0. The van der Waals surface area contributed by atoms with Gasteiger partial charge in [-0.3, -0.25) is 0 Å². The maximum absolute atomic E-state index is 5.77. The second-order valence-corrected chi connectivity index (χ2v) is 5.93. The van der Waals surface area contributed by atoms with E-state index in [1.54, 1.807) is 11.8 Å². The van der Waals surface area contributed by atoms with Gasteiger partial charge in [-0.1, -0.05) is 30.3 Å². The van der Waals surface area contributed by atoms with Crippen molar-refractivity contribution in [3.63, 3.8) is 0 Å². The van der Waals surface area contributed by atoms with Crippen LogP contribution < -0.4 is 10.5 Å². The van der Waals surface area contributed by atoms with E-state index in [0.717, 1.165) is 21.5 Å². The van der Waals surface area contributed by atoms with Gasteiger partial charge in [0.1, 0.15) is 5.75 Å². The molecule has 4 heteroatoms. The lowest BCUT2D eigenvalue weighted by atomic mass is 10.2. The summed E-state index contributed by atoms with van der Waals surface area (Å²) < 4.78 is 6.90. The summed E-state index contributed by atoms with van der Waals surface area (Å²) in [6, 6.07) is 16.1. The Bertz CT molecular complexity index is 533. The van der Waals surface area contributed by atoms with Crippen LogP contribution in [0.1, 0.15) is 5.56 Å². The first kappa shape index (κ1) is 14.4. The number of rotatable bonds is 6. The zero-order valence-corrected chi connectivity index (χ0v) is 12.9. The summed E-state index contributed by atoms with van der Waals surface area (Å²) in [6.45, 7) is 1.18. The number of halogens is 1. The zero-order valence-electron chi connectivity index (χ0n) is 10.5. The first-order valence-electron chi connectivity index (χ1n) is 6.09. The van der Waals surface area contributed by atoms with Crippen LogP contribution in [0.4, 0.5) is 0 Å². The molecular weight excluding hydrogens is 322 g/mol. The summed E-state index contributed by atoms with van der Waals surface area (Å²) in [5.41, 5.74) is 6.72. The molecule has 2 aromatic rings. The molecule has 0 saturated heterocycles. The Morgan fingerprint density at radius 2 is 1.79 bits per heavy atom. The molecule has 2 N–H and O–H groups in total. The number of ether oxygens (including phenoxy) is 1. The Labute approximate surface area is 126 Å². The molecule has 2 aromatic carbocycles. The first-order valence-corrected chi connectivity index (χ1v) is 7.87. The van der Waals surface area contributed by atoms with Crippen LogP contribution in [0.2, 0.25) is 0 Å². The second kappa shape index (κ2) is 7.58. The highest BCUT2D eigenvalue weighted by molar-refractivity contribution is 9.10. The van der Waals surface area contributed by atoms with Gasteiger partial charge in [-0.15, -0.1) is 11.8 Å². The summed E-state index contributed by atoms with van der Waals surface area (Å²) in [5.74, 6) is 1.79. The van der Waals surface area contributed by atoms with Gasteiger partial charge in [-0.05, 0) is 34.1 Å². The SMILES string of the molecule is NCc1ccccc1OCCSc1ccccc1Br. The van der Waals surface area contributed by atoms with Crippen molar-refractivity contribution in [2.24, 2.45) is 5.73 Å². The van der Waals surface area contributed by atoms with E-state index < -0.39 is 0 Å². The quantitative estimate of drug-likeness (QED) is 0.637. The van der Waals surface area contributed by atoms with Crippen molar-refractivity contribution in [3.8, 4) is 5.75 Å². The predicted molar refractivity (Wildman–Crippen MR) is 84.7 cm³/mol. The van der Waals surface area contributed by atoms with Crippen molar-refractivity contribution in [1.82, 2.24) is 0 Å². The molecule has 0 aliphatic carbocycles. The highest BCUT2D eigenvalue weighted by Crippen LogP contribution is 2.27. The molecule has 0 aromatic heterocycles. The van der Waals surface area contributed by atoms with Crippen molar-refractivity contribution >= 4 is 27.7 Å². The highest BCUT2D eigenvalue weighted by Gasteiger charge is 2.02. The van der Waals surface area contributed by atoms with Gasteiger partial charge in [-0.25, -0.2) is 0 Å². The van der Waals surface area contributed by atoms with Gasteiger partial charge in [0.25, 0.3) is 0 Å². The topological polar surface area (TPSA) is 35.2 Å². The normalized spacial score (nSPS) is 10.4. The van der Waals surface area contributed by atoms with Crippen molar-refractivity contribution < 1.29 is 4.74 Å². The summed E-state index contributed by atoms with van der Waals surface area (Å²) >= 11 is 5.31. The fraction of sp³-hybridized carbons (Fsp3) is 0.200. The third-order valence-corrected chi connectivity index (χ3v) is 4.62. The maximum Gasteiger partial charge on any atom is 0.123 e. The van der Waals surface area contributed by atoms with Crippen molar-refractivity contribution in [3.05, 3.63) is 58.6 Å². The van der Waals surface area contributed by atoms with Crippen LogP contribution in [0.25, 0.3) is 0 Å². The van der Waals surface area contributed by atoms with E-state index in [4.69, 9.17) is 10.5 Å². The van der Waals surface area contributed by atoms with Crippen LogP contribution in [0, 0.1) is 0 Å². The lowest BCUT2D eigenvalue weighted by Gasteiger charge is -2.10. The van der Waals surface area contributed by atoms with Gasteiger partial charge >= 0.3 is 0 Å². The average molecular weight is 338 g/mol. The third-order valence-electron chi connectivity index (χ3n) is 2.63. The van der Waals surface area contributed by atoms with Crippen molar-refractivity contribution in [2.45, 2.75) is 11.4 Å². The van der Waals surface area contributed by atoms with Gasteiger partial charge in [0, 0.05) is 27.2 Å². The van der Waals surface area contributed by atoms with E-state index in [2.05, 4.69) is 22.0 Å². The fourth-order valence-electron chi connectivity index (χ4n) is 1.68. The first-order chi connectivity index (χ1) is 9.31. The molecule has 0 fully saturated rings. The van der Waals surface area contributed by atoms with Crippen LogP contribution in [0.3, 0.4) is 0 Å². The summed E-state index contributed by atoms with van der Waals surface area (Å²) in [6.07, 6.45) is 0. The molecule has 19 heavy (non-hydrogen) atoms. The highest BCUT2D eigenvalue weighted by atomic mass is 79.9. The molecule has 2 rings (SSSR count). The van der Waals surface area contributed by atoms with Crippen LogP contribution in [-0.4, -0.2) is 12.4 Å². The van der Waals surface area contributed by atoms with E-state index in [1.165, 1.54) is 4.90 Å². The largest absolute Gasteiger partial charge is 0.492 e. The average Bonchev–Trinajstić information content (AvgIpc) is 2.45. The summed E-state index contributed by atoms with van der Waals surface area (Å²) in [7, 11) is 0. The molecule has 0 amide bonds. The van der Waals surface area contributed by atoms with E-state index >= 15 is 0 Å². The lowest BCUT2D eigenvalue weighted by Crippen LogP contribution is -2.05. The third kappa shape index (κ3) is 4.27. The number of thioether (sulfide) groups is 1. The molecular formula is C15H16BrNOS. The maximum atomic E-state index is 5.77. The Kier molecular flexibility index (Phi) is 5.76. The minimum Gasteiger partial charge on any atom is -0.492 e. The zero-order chi connectivity index (χ0) is 13.5. The molecule has 0 unspecified atom stereocenters. The lowest BCUT2D eigenvalue weighted by molar-refractivity contribution is 0.340. The minimum atomic E-state index is 0.507. The van der Waals surface area contributed by atoms with Gasteiger partial charge in [0.05, 0.1) is 6.61 Å². The van der Waals surface area contributed by atoms with Gasteiger partial charge < -0.3 is 10.5 Å². The Hall–Kier alpha value is -0.970. The van der Waals surface area contributed by atoms with Crippen molar-refractivity contribution in [2.75, 3.05) is 12.4 Å². The molecule has 0 spiro atoms. The van der Waals surface area contributed by atoms with Crippen LogP contribution in [0.15, 0.2) is 57.9 Å². The number of benzene rings is 2. The molecule has 2 nitrogen and oxygen atoms in total.